The highest BCUT2D eigenvalue weighted by atomic mass is 35.5. The monoisotopic (exact) mass is 348 g/mol. The summed E-state index contributed by atoms with van der Waals surface area (Å²) in [7, 11) is 0. The first-order valence-corrected chi connectivity index (χ1v) is 8.33. The van der Waals surface area contributed by atoms with Gasteiger partial charge in [0.1, 0.15) is 0 Å². The Kier molecular flexibility index (Phi) is 5.22. The SMILES string of the molecule is Cl.NCCc1c(-c2ccccc2)n(-c2ccccc2)c2ccccc12. The number of halogens is 1. The van der Waals surface area contributed by atoms with Crippen LogP contribution in [-0.4, -0.2) is 11.1 Å². The minimum absolute atomic E-state index is 0. The molecule has 0 amide bonds. The van der Waals surface area contributed by atoms with Crippen LogP contribution in [0.4, 0.5) is 0 Å². The Morgan fingerprint density at radius 3 is 2.00 bits per heavy atom. The van der Waals surface area contributed by atoms with E-state index in [9.17, 15) is 0 Å². The van der Waals surface area contributed by atoms with Crippen LogP contribution in [0.5, 0.6) is 0 Å². The molecule has 0 bridgehead atoms. The van der Waals surface area contributed by atoms with E-state index in [0.29, 0.717) is 6.54 Å². The molecule has 4 aromatic rings. The zero-order valence-corrected chi connectivity index (χ0v) is 14.7. The van der Waals surface area contributed by atoms with Gasteiger partial charge in [0.15, 0.2) is 0 Å². The van der Waals surface area contributed by atoms with Crippen LogP contribution < -0.4 is 5.73 Å². The van der Waals surface area contributed by atoms with Crippen molar-refractivity contribution >= 4 is 23.3 Å². The van der Waals surface area contributed by atoms with Crippen LogP contribution in [0.15, 0.2) is 84.9 Å². The second-order valence-corrected chi connectivity index (χ2v) is 5.92. The minimum Gasteiger partial charge on any atom is -0.330 e. The summed E-state index contributed by atoms with van der Waals surface area (Å²) in [6, 6.07) is 29.7. The van der Waals surface area contributed by atoms with E-state index < -0.39 is 0 Å². The standard InChI is InChI=1S/C22H20N2.ClH/c23-16-15-20-19-13-7-8-14-21(19)24(18-11-5-2-6-12-18)22(20)17-9-3-1-4-10-17;/h1-14H,15-16,23H2;1H. The number of hydrogen-bond acceptors (Lipinski definition) is 1. The highest BCUT2D eigenvalue weighted by Crippen LogP contribution is 2.36. The summed E-state index contributed by atoms with van der Waals surface area (Å²) in [4.78, 5) is 0. The number of hydrogen-bond donors (Lipinski definition) is 1. The van der Waals surface area contributed by atoms with Crippen LogP contribution in [0.3, 0.4) is 0 Å². The lowest BCUT2D eigenvalue weighted by atomic mass is 10.0. The van der Waals surface area contributed by atoms with Crippen molar-refractivity contribution in [3.05, 3.63) is 90.5 Å². The Balaban J connectivity index is 0.00000182. The Bertz CT molecular complexity index is 959. The first-order chi connectivity index (χ1) is 11.9. The number of para-hydroxylation sites is 2. The van der Waals surface area contributed by atoms with Gasteiger partial charge in [0.2, 0.25) is 0 Å². The Morgan fingerprint density at radius 2 is 1.32 bits per heavy atom. The molecule has 1 heterocycles. The van der Waals surface area contributed by atoms with Crippen LogP contribution >= 0.6 is 12.4 Å². The third kappa shape index (κ3) is 3.07. The summed E-state index contributed by atoms with van der Waals surface area (Å²) >= 11 is 0. The van der Waals surface area contributed by atoms with Crippen molar-refractivity contribution < 1.29 is 0 Å². The lowest BCUT2D eigenvalue weighted by Gasteiger charge is -2.13. The highest BCUT2D eigenvalue weighted by Gasteiger charge is 2.18. The lowest BCUT2D eigenvalue weighted by Crippen LogP contribution is -2.04. The molecule has 0 aliphatic rings. The molecule has 0 spiro atoms. The Morgan fingerprint density at radius 1 is 0.720 bits per heavy atom. The fraction of sp³-hybridized carbons (Fsp3) is 0.0909. The van der Waals surface area contributed by atoms with E-state index in [1.807, 2.05) is 0 Å². The molecule has 0 saturated carbocycles. The second kappa shape index (κ2) is 7.56. The second-order valence-electron chi connectivity index (χ2n) is 5.92. The van der Waals surface area contributed by atoms with E-state index in [4.69, 9.17) is 5.73 Å². The zero-order chi connectivity index (χ0) is 16.4. The van der Waals surface area contributed by atoms with Crippen LogP contribution in [0.25, 0.3) is 27.8 Å². The molecular weight excluding hydrogens is 328 g/mol. The van der Waals surface area contributed by atoms with Gasteiger partial charge >= 0.3 is 0 Å². The van der Waals surface area contributed by atoms with Crippen molar-refractivity contribution in [3.8, 4) is 16.9 Å². The van der Waals surface area contributed by atoms with Gasteiger partial charge in [-0.15, -0.1) is 12.4 Å². The number of benzene rings is 3. The number of nitrogens with zero attached hydrogens (tertiary/aromatic N) is 1. The zero-order valence-electron chi connectivity index (χ0n) is 13.9. The third-order valence-corrected chi connectivity index (χ3v) is 4.44. The summed E-state index contributed by atoms with van der Waals surface area (Å²) in [5.74, 6) is 0. The molecule has 0 atom stereocenters. The Hall–Kier alpha value is -2.55. The van der Waals surface area contributed by atoms with E-state index in [2.05, 4.69) is 89.5 Å². The Labute approximate surface area is 154 Å². The van der Waals surface area contributed by atoms with E-state index in [1.54, 1.807) is 0 Å². The van der Waals surface area contributed by atoms with Gasteiger partial charge in [0.05, 0.1) is 11.2 Å². The molecule has 3 aromatic carbocycles. The van der Waals surface area contributed by atoms with Gasteiger partial charge in [0, 0.05) is 11.1 Å². The summed E-state index contributed by atoms with van der Waals surface area (Å²) in [6.07, 6.45) is 0.866. The molecule has 126 valence electrons. The molecule has 0 aliphatic carbocycles. The molecule has 3 heteroatoms. The van der Waals surface area contributed by atoms with Gasteiger partial charge in [-0.25, -0.2) is 0 Å². The molecule has 25 heavy (non-hydrogen) atoms. The van der Waals surface area contributed by atoms with Crippen molar-refractivity contribution in [2.45, 2.75) is 6.42 Å². The molecule has 2 nitrogen and oxygen atoms in total. The van der Waals surface area contributed by atoms with Crippen molar-refractivity contribution in [2.75, 3.05) is 6.54 Å². The quantitative estimate of drug-likeness (QED) is 0.538. The van der Waals surface area contributed by atoms with Gasteiger partial charge in [-0.05, 0) is 42.3 Å². The van der Waals surface area contributed by atoms with Crippen molar-refractivity contribution in [3.63, 3.8) is 0 Å². The fourth-order valence-electron chi connectivity index (χ4n) is 3.45. The van der Waals surface area contributed by atoms with Crippen molar-refractivity contribution in [1.29, 1.82) is 0 Å². The minimum atomic E-state index is 0. The third-order valence-electron chi connectivity index (χ3n) is 4.44. The topological polar surface area (TPSA) is 30.9 Å². The lowest BCUT2D eigenvalue weighted by molar-refractivity contribution is 0.970. The van der Waals surface area contributed by atoms with Crippen molar-refractivity contribution in [1.82, 2.24) is 4.57 Å². The highest BCUT2D eigenvalue weighted by molar-refractivity contribution is 5.93. The summed E-state index contributed by atoms with van der Waals surface area (Å²) in [5.41, 5.74) is 12.1. The molecule has 2 N–H and O–H groups in total. The first-order valence-electron chi connectivity index (χ1n) is 8.33. The maximum Gasteiger partial charge on any atom is 0.0573 e. The molecular formula is C22H21ClN2. The average molecular weight is 349 g/mol. The van der Waals surface area contributed by atoms with Crippen LogP contribution in [-0.2, 0) is 6.42 Å². The number of nitrogens with two attached hydrogens (primary N) is 1. The van der Waals surface area contributed by atoms with Crippen molar-refractivity contribution in [2.24, 2.45) is 5.73 Å². The van der Waals surface area contributed by atoms with Gasteiger partial charge in [-0.1, -0.05) is 66.7 Å². The van der Waals surface area contributed by atoms with Gasteiger partial charge in [-0.3, -0.25) is 0 Å². The molecule has 0 unspecified atom stereocenters. The fourth-order valence-corrected chi connectivity index (χ4v) is 3.45. The van der Waals surface area contributed by atoms with Crippen LogP contribution in [0.1, 0.15) is 5.56 Å². The normalized spacial score (nSPS) is 10.6. The van der Waals surface area contributed by atoms with Gasteiger partial charge < -0.3 is 10.3 Å². The summed E-state index contributed by atoms with van der Waals surface area (Å²) in [5, 5.41) is 1.28. The molecule has 0 fully saturated rings. The van der Waals surface area contributed by atoms with E-state index >= 15 is 0 Å². The predicted molar refractivity (Wildman–Crippen MR) is 109 cm³/mol. The van der Waals surface area contributed by atoms with Gasteiger partial charge in [0.25, 0.3) is 0 Å². The smallest absolute Gasteiger partial charge is 0.0573 e. The number of aromatic nitrogens is 1. The molecule has 0 saturated heterocycles. The van der Waals surface area contributed by atoms with Gasteiger partial charge in [-0.2, -0.15) is 0 Å². The van der Waals surface area contributed by atoms with E-state index in [0.717, 1.165) is 6.42 Å². The van der Waals surface area contributed by atoms with Crippen LogP contribution in [0, 0.1) is 0 Å². The first kappa shape index (κ1) is 17.3. The number of fused-ring (bicyclic) bond motifs is 1. The largest absolute Gasteiger partial charge is 0.330 e. The summed E-state index contributed by atoms with van der Waals surface area (Å²) in [6.45, 7) is 0.641. The predicted octanol–water partition coefficient (Wildman–Crippen LogP) is 5.22. The molecule has 1 aromatic heterocycles. The van der Waals surface area contributed by atoms with E-state index in [-0.39, 0.29) is 12.4 Å². The average Bonchev–Trinajstić information content (AvgIpc) is 2.98. The molecule has 0 aliphatic heterocycles. The van der Waals surface area contributed by atoms with Crippen LogP contribution in [0.2, 0.25) is 0 Å². The van der Waals surface area contributed by atoms with E-state index in [1.165, 1.54) is 33.4 Å². The maximum absolute atomic E-state index is 5.94. The summed E-state index contributed by atoms with van der Waals surface area (Å²) < 4.78 is 2.36. The maximum atomic E-state index is 5.94. The number of rotatable bonds is 4. The molecule has 4 rings (SSSR count). The molecule has 0 radical (unpaired) electrons.